The lowest BCUT2D eigenvalue weighted by atomic mass is 10.3. The minimum atomic E-state index is -0.180. The first-order valence-corrected chi connectivity index (χ1v) is 9.63. The highest BCUT2D eigenvalue weighted by Gasteiger charge is 2.16. The third-order valence-corrected chi connectivity index (χ3v) is 5.92. The van der Waals surface area contributed by atoms with Crippen LogP contribution in [0.3, 0.4) is 0 Å². The van der Waals surface area contributed by atoms with Gasteiger partial charge >= 0.3 is 0 Å². The third kappa shape index (κ3) is 3.66. The lowest BCUT2D eigenvalue weighted by Gasteiger charge is -2.20. The van der Waals surface area contributed by atoms with Crippen LogP contribution in [0.2, 0.25) is 0 Å². The average molecular weight is 424 g/mol. The van der Waals surface area contributed by atoms with Gasteiger partial charge in [-0.25, -0.2) is 4.98 Å². The molecule has 5 nitrogen and oxygen atoms in total. The molecule has 0 spiro atoms. The Hall–Kier alpha value is -1.77. The zero-order chi connectivity index (χ0) is 17.1. The van der Waals surface area contributed by atoms with Gasteiger partial charge in [0.1, 0.15) is 11.2 Å². The van der Waals surface area contributed by atoms with E-state index in [1.165, 1.54) is 22.2 Å². The Morgan fingerprint density at radius 2 is 2.25 bits per heavy atom. The molecular formula is C16H14BrN3O2S2. The summed E-state index contributed by atoms with van der Waals surface area (Å²) in [6, 6.07) is 5.73. The van der Waals surface area contributed by atoms with Crippen molar-refractivity contribution >= 4 is 54.7 Å². The molecule has 0 aliphatic rings. The Bertz CT molecular complexity index is 944. The van der Waals surface area contributed by atoms with Crippen molar-refractivity contribution < 1.29 is 4.79 Å². The predicted molar refractivity (Wildman–Crippen MR) is 102 cm³/mol. The fourth-order valence-corrected chi connectivity index (χ4v) is 4.56. The van der Waals surface area contributed by atoms with E-state index in [-0.39, 0.29) is 18.0 Å². The van der Waals surface area contributed by atoms with E-state index in [9.17, 15) is 9.59 Å². The summed E-state index contributed by atoms with van der Waals surface area (Å²) in [5.41, 5.74) is 0.487. The van der Waals surface area contributed by atoms with E-state index in [0.717, 1.165) is 8.66 Å². The van der Waals surface area contributed by atoms with Crippen molar-refractivity contribution in [2.45, 2.75) is 13.1 Å². The van der Waals surface area contributed by atoms with E-state index in [0.29, 0.717) is 23.3 Å². The van der Waals surface area contributed by atoms with Gasteiger partial charge in [0.25, 0.3) is 5.56 Å². The van der Waals surface area contributed by atoms with Crippen LogP contribution in [-0.2, 0) is 17.9 Å². The number of hydrogen-bond acceptors (Lipinski definition) is 5. The fourth-order valence-electron chi connectivity index (χ4n) is 2.27. The summed E-state index contributed by atoms with van der Waals surface area (Å²) in [5.74, 6) is -0.140. The zero-order valence-corrected chi connectivity index (χ0v) is 15.9. The Balaban J connectivity index is 1.80. The molecule has 8 heteroatoms. The molecule has 0 unspecified atom stereocenters. The summed E-state index contributed by atoms with van der Waals surface area (Å²) in [4.78, 5) is 32.0. The van der Waals surface area contributed by atoms with Crippen molar-refractivity contribution in [2.75, 3.05) is 6.54 Å². The van der Waals surface area contributed by atoms with Crippen LogP contribution in [-0.4, -0.2) is 26.9 Å². The maximum Gasteiger partial charge on any atom is 0.271 e. The first kappa shape index (κ1) is 17.1. The number of amides is 1. The molecule has 0 aliphatic heterocycles. The molecule has 0 aliphatic carbocycles. The smallest absolute Gasteiger partial charge is 0.271 e. The highest BCUT2D eigenvalue weighted by Crippen LogP contribution is 2.23. The van der Waals surface area contributed by atoms with Crippen molar-refractivity contribution in [2.24, 2.45) is 0 Å². The van der Waals surface area contributed by atoms with Gasteiger partial charge in [0.05, 0.1) is 22.2 Å². The molecule has 0 saturated heterocycles. The number of carbonyl (C=O) groups excluding carboxylic acids is 1. The van der Waals surface area contributed by atoms with Gasteiger partial charge in [-0.2, -0.15) is 0 Å². The standard InChI is InChI=1S/C16H14BrN3O2S2/c1-2-6-19(8-11-3-4-13(17)24-11)14(21)9-20-10-18-12-5-7-23-15(12)16(20)22/h2-5,7,10H,1,6,8-9H2. The Morgan fingerprint density at radius 1 is 1.42 bits per heavy atom. The first-order valence-electron chi connectivity index (χ1n) is 7.14. The van der Waals surface area contributed by atoms with E-state index >= 15 is 0 Å². The van der Waals surface area contributed by atoms with E-state index in [1.807, 2.05) is 17.5 Å². The highest BCUT2D eigenvalue weighted by atomic mass is 79.9. The average Bonchev–Trinajstić information content (AvgIpc) is 3.19. The van der Waals surface area contributed by atoms with Gasteiger partial charge in [-0.3, -0.25) is 14.2 Å². The summed E-state index contributed by atoms with van der Waals surface area (Å²) in [7, 11) is 0. The van der Waals surface area contributed by atoms with Gasteiger partial charge < -0.3 is 4.90 Å². The zero-order valence-electron chi connectivity index (χ0n) is 12.6. The van der Waals surface area contributed by atoms with Gasteiger partial charge in [-0.05, 0) is 39.5 Å². The molecule has 0 saturated carbocycles. The van der Waals surface area contributed by atoms with Crippen LogP contribution in [0.1, 0.15) is 4.88 Å². The molecule has 0 bridgehead atoms. The monoisotopic (exact) mass is 423 g/mol. The minimum absolute atomic E-state index is 0.0277. The Labute approximate surface area is 155 Å². The lowest BCUT2D eigenvalue weighted by molar-refractivity contribution is -0.131. The number of aromatic nitrogens is 2. The lowest BCUT2D eigenvalue weighted by Crippen LogP contribution is -2.36. The molecule has 0 fully saturated rings. The number of hydrogen-bond donors (Lipinski definition) is 0. The topological polar surface area (TPSA) is 55.2 Å². The van der Waals surface area contributed by atoms with Crippen molar-refractivity contribution in [1.29, 1.82) is 0 Å². The molecule has 0 N–H and O–H groups in total. The van der Waals surface area contributed by atoms with Crippen LogP contribution < -0.4 is 5.56 Å². The van der Waals surface area contributed by atoms with Gasteiger partial charge in [-0.15, -0.1) is 29.3 Å². The van der Waals surface area contributed by atoms with E-state index in [2.05, 4.69) is 27.5 Å². The van der Waals surface area contributed by atoms with Crippen LogP contribution in [0.15, 0.2) is 51.1 Å². The maximum atomic E-state index is 12.6. The van der Waals surface area contributed by atoms with Crippen molar-refractivity contribution in [1.82, 2.24) is 14.5 Å². The number of rotatable bonds is 6. The summed E-state index contributed by atoms with van der Waals surface area (Å²) in [6.07, 6.45) is 3.12. The Kier molecular flexibility index (Phi) is 5.27. The SMILES string of the molecule is C=CCN(Cc1ccc(Br)s1)C(=O)Cn1cnc2ccsc2c1=O. The molecule has 0 atom stereocenters. The van der Waals surface area contributed by atoms with Crippen LogP contribution in [0.4, 0.5) is 0 Å². The third-order valence-electron chi connectivity index (χ3n) is 3.42. The minimum Gasteiger partial charge on any atom is -0.332 e. The highest BCUT2D eigenvalue weighted by molar-refractivity contribution is 9.11. The van der Waals surface area contributed by atoms with Gasteiger partial charge in [0.2, 0.25) is 5.91 Å². The normalized spacial score (nSPS) is 10.9. The number of nitrogens with zero attached hydrogens (tertiary/aromatic N) is 3. The molecule has 24 heavy (non-hydrogen) atoms. The largest absolute Gasteiger partial charge is 0.332 e. The molecule has 0 radical (unpaired) electrons. The number of halogens is 1. The summed E-state index contributed by atoms with van der Waals surface area (Å²) in [6.45, 7) is 4.60. The van der Waals surface area contributed by atoms with Crippen molar-refractivity contribution in [3.05, 3.63) is 61.6 Å². The second-order valence-electron chi connectivity index (χ2n) is 5.08. The van der Waals surface area contributed by atoms with E-state index < -0.39 is 0 Å². The molecule has 3 rings (SSSR count). The molecular weight excluding hydrogens is 410 g/mol. The van der Waals surface area contributed by atoms with Gasteiger partial charge in [0.15, 0.2) is 0 Å². The second kappa shape index (κ2) is 7.42. The predicted octanol–water partition coefficient (Wildman–Crippen LogP) is 3.50. The van der Waals surface area contributed by atoms with Crippen molar-refractivity contribution in [3.63, 3.8) is 0 Å². The molecule has 3 heterocycles. The van der Waals surface area contributed by atoms with Crippen LogP contribution >= 0.6 is 38.6 Å². The van der Waals surface area contributed by atoms with Crippen molar-refractivity contribution in [3.8, 4) is 0 Å². The molecule has 0 aromatic carbocycles. The van der Waals surface area contributed by atoms with Crippen LogP contribution in [0, 0.1) is 0 Å². The fraction of sp³-hybridized carbons (Fsp3) is 0.188. The first-order chi connectivity index (χ1) is 11.6. The molecule has 3 aromatic heterocycles. The molecule has 124 valence electrons. The van der Waals surface area contributed by atoms with Crippen LogP contribution in [0.25, 0.3) is 10.2 Å². The van der Waals surface area contributed by atoms with E-state index in [4.69, 9.17) is 0 Å². The quantitative estimate of drug-likeness (QED) is 0.570. The number of thiophene rings is 2. The summed E-state index contributed by atoms with van der Waals surface area (Å²) in [5, 5.41) is 1.82. The van der Waals surface area contributed by atoms with Gasteiger partial charge in [0, 0.05) is 11.4 Å². The maximum absolute atomic E-state index is 12.6. The molecule has 3 aromatic rings. The van der Waals surface area contributed by atoms with E-state index in [1.54, 1.807) is 28.4 Å². The second-order valence-corrected chi connectivity index (χ2v) is 8.55. The number of carbonyl (C=O) groups is 1. The van der Waals surface area contributed by atoms with Gasteiger partial charge in [-0.1, -0.05) is 6.08 Å². The summed E-state index contributed by atoms with van der Waals surface area (Å²) < 4.78 is 2.96. The van der Waals surface area contributed by atoms with Crippen LogP contribution in [0.5, 0.6) is 0 Å². The Morgan fingerprint density at radius 3 is 2.96 bits per heavy atom. The number of fused-ring (bicyclic) bond motifs is 1. The molecule has 1 amide bonds. The summed E-state index contributed by atoms with van der Waals surface area (Å²) >= 11 is 6.34.